The van der Waals surface area contributed by atoms with Crippen molar-refractivity contribution in [3.05, 3.63) is 42.0 Å². The molecule has 2 rings (SSSR count). The molecule has 0 aliphatic rings. The van der Waals surface area contributed by atoms with Gasteiger partial charge in [0.1, 0.15) is 22.5 Å². The van der Waals surface area contributed by atoms with E-state index >= 15 is 0 Å². The Morgan fingerprint density at radius 2 is 1.74 bits per heavy atom. The summed E-state index contributed by atoms with van der Waals surface area (Å²) in [5, 5.41) is 0.768. The molecule has 0 unspecified atom stereocenters. The van der Waals surface area contributed by atoms with Crippen molar-refractivity contribution in [3.63, 3.8) is 0 Å². The van der Waals surface area contributed by atoms with Gasteiger partial charge < -0.3 is 5.73 Å². The van der Waals surface area contributed by atoms with E-state index in [9.17, 15) is 4.39 Å². The lowest BCUT2D eigenvalue weighted by molar-refractivity contribution is 0.540. The molecule has 19 heavy (non-hydrogen) atoms. The predicted molar refractivity (Wildman–Crippen MR) is 75.7 cm³/mol. The molecule has 2 N–H and O–H groups in total. The van der Waals surface area contributed by atoms with E-state index in [1.165, 1.54) is 23.9 Å². The first-order valence-corrected chi connectivity index (χ1v) is 6.75. The molecule has 1 aromatic heterocycles. The van der Waals surface area contributed by atoms with Gasteiger partial charge in [-0.05, 0) is 24.3 Å². The number of nitrogens with zero attached hydrogens (tertiary/aromatic N) is 2. The molecule has 1 heterocycles. The van der Waals surface area contributed by atoms with Crippen LogP contribution in [0.2, 0.25) is 0 Å². The average molecular weight is 277 g/mol. The Hall–Kier alpha value is -1.62. The Bertz CT molecular complexity index is 576. The predicted octanol–water partition coefficient (Wildman–Crippen LogP) is 3.65. The molecule has 0 fully saturated rings. The van der Waals surface area contributed by atoms with Crippen molar-refractivity contribution in [1.29, 1.82) is 0 Å². The van der Waals surface area contributed by atoms with Gasteiger partial charge in [-0.15, -0.1) is 0 Å². The van der Waals surface area contributed by atoms with Crippen molar-refractivity contribution in [2.75, 3.05) is 5.73 Å². The topological polar surface area (TPSA) is 51.8 Å². The zero-order valence-electron chi connectivity index (χ0n) is 11.1. The Balaban J connectivity index is 2.30. The highest BCUT2D eigenvalue weighted by atomic mass is 32.2. The monoisotopic (exact) mass is 277 g/mol. The number of nitrogen functional groups attached to an aromatic ring is 1. The third kappa shape index (κ3) is 3.67. The molecule has 0 aliphatic carbocycles. The second kappa shape index (κ2) is 5.17. The molecule has 0 spiro atoms. The average Bonchev–Trinajstić information content (AvgIpc) is 2.30. The van der Waals surface area contributed by atoms with Gasteiger partial charge in [0.15, 0.2) is 0 Å². The van der Waals surface area contributed by atoms with Crippen LogP contribution in [0.5, 0.6) is 0 Å². The normalized spacial score (nSPS) is 11.6. The molecule has 0 saturated heterocycles. The van der Waals surface area contributed by atoms with Crippen LogP contribution in [0.4, 0.5) is 10.2 Å². The Morgan fingerprint density at radius 3 is 2.32 bits per heavy atom. The Labute approximate surface area is 116 Å². The molecule has 5 heteroatoms. The summed E-state index contributed by atoms with van der Waals surface area (Å²) in [6.07, 6.45) is 0. The number of halogens is 1. The Morgan fingerprint density at radius 1 is 1.11 bits per heavy atom. The van der Waals surface area contributed by atoms with Crippen LogP contribution in [0.3, 0.4) is 0 Å². The molecule has 0 saturated carbocycles. The number of hydrogen-bond donors (Lipinski definition) is 1. The summed E-state index contributed by atoms with van der Waals surface area (Å²) in [6, 6.07) is 8.02. The summed E-state index contributed by atoms with van der Waals surface area (Å²) in [6.45, 7) is 6.11. The zero-order valence-corrected chi connectivity index (χ0v) is 12.0. The second-order valence-corrected chi connectivity index (χ2v) is 6.35. The molecular formula is C14H16FN3S. The summed E-state index contributed by atoms with van der Waals surface area (Å²) in [5.74, 6) is 0.906. The highest BCUT2D eigenvalue weighted by Gasteiger charge is 2.18. The molecule has 2 aromatic rings. The van der Waals surface area contributed by atoms with E-state index in [2.05, 4.69) is 9.97 Å². The van der Waals surface area contributed by atoms with Gasteiger partial charge in [-0.2, -0.15) is 0 Å². The first kappa shape index (κ1) is 13.8. The minimum Gasteiger partial charge on any atom is -0.384 e. The number of rotatable bonds is 2. The highest BCUT2D eigenvalue weighted by molar-refractivity contribution is 7.99. The van der Waals surface area contributed by atoms with Crippen molar-refractivity contribution in [2.24, 2.45) is 0 Å². The zero-order chi connectivity index (χ0) is 14.0. The number of anilines is 1. The minimum atomic E-state index is -0.248. The fourth-order valence-corrected chi connectivity index (χ4v) is 2.28. The third-order valence-electron chi connectivity index (χ3n) is 2.43. The van der Waals surface area contributed by atoms with E-state index < -0.39 is 0 Å². The van der Waals surface area contributed by atoms with Crippen LogP contribution in [-0.4, -0.2) is 9.97 Å². The number of nitrogens with two attached hydrogens (primary N) is 1. The van der Waals surface area contributed by atoms with Crippen molar-refractivity contribution in [2.45, 2.75) is 36.1 Å². The van der Waals surface area contributed by atoms with E-state index in [4.69, 9.17) is 5.73 Å². The van der Waals surface area contributed by atoms with Gasteiger partial charge in [-0.3, -0.25) is 0 Å². The van der Waals surface area contributed by atoms with Gasteiger partial charge in [0, 0.05) is 16.4 Å². The summed E-state index contributed by atoms with van der Waals surface area (Å²) in [4.78, 5) is 9.67. The summed E-state index contributed by atoms with van der Waals surface area (Å²) in [7, 11) is 0. The van der Waals surface area contributed by atoms with E-state index in [0.29, 0.717) is 11.6 Å². The second-order valence-electron chi connectivity index (χ2n) is 5.26. The lowest BCUT2D eigenvalue weighted by Gasteiger charge is -2.17. The maximum Gasteiger partial charge on any atom is 0.137 e. The van der Waals surface area contributed by atoms with Gasteiger partial charge in [-0.25, -0.2) is 14.4 Å². The van der Waals surface area contributed by atoms with Crippen LogP contribution >= 0.6 is 11.8 Å². The first-order valence-electron chi connectivity index (χ1n) is 5.93. The highest BCUT2D eigenvalue weighted by Crippen LogP contribution is 2.29. The van der Waals surface area contributed by atoms with Gasteiger partial charge in [0.25, 0.3) is 0 Å². The molecule has 1 aromatic carbocycles. The van der Waals surface area contributed by atoms with Gasteiger partial charge >= 0.3 is 0 Å². The molecule has 3 nitrogen and oxygen atoms in total. The maximum absolute atomic E-state index is 12.9. The molecule has 0 aliphatic heterocycles. The van der Waals surface area contributed by atoms with Crippen LogP contribution in [0.1, 0.15) is 26.6 Å². The largest absolute Gasteiger partial charge is 0.384 e. The van der Waals surface area contributed by atoms with Crippen molar-refractivity contribution in [3.8, 4) is 0 Å². The lowest BCUT2D eigenvalue weighted by atomic mass is 9.96. The quantitative estimate of drug-likeness (QED) is 0.851. The van der Waals surface area contributed by atoms with Crippen molar-refractivity contribution < 1.29 is 4.39 Å². The summed E-state index contributed by atoms with van der Waals surface area (Å²) in [5.41, 5.74) is 5.65. The Kier molecular flexibility index (Phi) is 3.75. The minimum absolute atomic E-state index is 0.159. The standard InChI is InChI=1S/C14H16FN3S/c1-14(2,3)13-17-11(16)8-12(18-13)19-10-6-4-9(15)5-7-10/h4-8H,1-3H3,(H2,16,17,18). The molecule has 0 amide bonds. The lowest BCUT2D eigenvalue weighted by Crippen LogP contribution is -2.17. The number of hydrogen-bond acceptors (Lipinski definition) is 4. The van der Waals surface area contributed by atoms with Crippen LogP contribution in [0.25, 0.3) is 0 Å². The molecule has 0 atom stereocenters. The van der Waals surface area contributed by atoms with E-state index in [1.54, 1.807) is 18.2 Å². The molecule has 100 valence electrons. The smallest absolute Gasteiger partial charge is 0.137 e. The van der Waals surface area contributed by atoms with Crippen LogP contribution in [0, 0.1) is 5.82 Å². The van der Waals surface area contributed by atoms with Gasteiger partial charge in [0.2, 0.25) is 0 Å². The molecular weight excluding hydrogens is 261 g/mol. The summed E-state index contributed by atoms with van der Waals surface area (Å²) < 4.78 is 12.9. The van der Waals surface area contributed by atoms with E-state index in [0.717, 1.165) is 9.92 Å². The van der Waals surface area contributed by atoms with Crippen molar-refractivity contribution in [1.82, 2.24) is 9.97 Å². The SMILES string of the molecule is CC(C)(C)c1nc(N)cc(Sc2ccc(F)cc2)n1. The van der Waals surface area contributed by atoms with Crippen LogP contribution < -0.4 is 5.73 Å². The van der Waals surface area contributed by atoms with Crippen LogP contribution in [-0.2, 0) is 5.41 Å². The van der Waals surface area contributed by atoms with Crippen LogP contribution in [0.15, 0.2) is 40.3 Å². The first-order chi connectivity index (χ1) is 8.84. The van der Waals surface area contributed by atoms with Crippen molar-refractivity contribution >= 4 is 17.6 Å². The fourth-order valence-electron chi connectivity index (χ4n) is 1.45. The molecule has 0 bridgehead atoms. The van der Waals surface area contributed by atoms with E-state index in [-0.39, 0.29) is 11.2 Å². The van der Waals surface area contributed by atoms with E-state index in [1.807, 2.05) is 20.8 Å². The third-order valence-corrected chi connectivity index (χ3v) is 3.36. The maximum atomic E-state index is 12.9. The number of benzene rings is 1. The van der Waals surface area contributed by atoms with Gasteiger partial charge in [-0.1, -0.05) is 32.5 Å². The van der Waals surface area contributed by atoms with Gasteiger partial charge in [0.05, 0.1) is 0 Å². The number of aromatic nitrogens is 2. The fraction of sp³-hybridized carbons (Fsp3) is 0.286. The summed E-state index contributed by atoms with van der Waals surface area (Å²) >= 11 is 1.44. The molecule has 0 radical (unpaired) electrons.